The van der Waals surface area contributed by atoms with Crippen molar-refractivity contribution >= 4 is 17.4 Å². The first-order valence-electron chi connectivity index (χ1n) is 7.75. The van der Waals surface area contributed by atoms with Gasteiger partial charge in [0, 0.05) is 23.5 Å². The van der Waals surface area contributed by atoms with Gasteiger partial charge in [0.05, 0.1) is 0 Å². The van der Waals surface area contributed by atoms with Crippen LogP contribution in [0, 0.1) is 0 Å². The minimum atomic E-state index is 0.00222. The molecule has 3 nitrogen and oxygen atoms in total. The maximum absolute atomic E-state index is 13.2. The van der Waals surface area contributed by atoms with Crippen LogP contribution in [-0.4, -0.2) is 18.1 Å². The zero-order chi connectivity index (χ0) is 16.1. The van der Waals surface area contributed by atoms with Crippen LogP contribution in [0.25, 0.3) is 0 Å². The fourth-order valence-corrected chi connectivity index (χ4v) is 2.55. The topological polar surface area (TPSA) is 23.6 Å². The van der Waals surface area contributed by atoms with Crippen molar-refractivity contribution in [1.82, 2.24) is 0 Å². The molecular formula is C19H24N2O. The Morgan fingerprint density at radius 2 is 1.00 bits per heavy atom. The molecule has 0 aliphatic rings. The van der Waals surface area contributed by atoms with Gasteiger partial charge in [0.2, 0.25) is 0 Å². The molecule has 0 aromatic heterocycles. The highest BCUT2D eigenvalue weighted by atomic mass is 16.2. The molecule has 0 aliphatic carbocycles. The summed E-state index contributed by atoms with van der Waals surface area (Å²) in [6.07, 6.45) is 0. The summed E-state index contributed by atoms with van der Waals surface area (Å²) in [5.41, 5.74) is 1.84. The molecule has 116 valence electrons. The zero-order valence-corrected chi connectivity index (χ0v) is 13.7. The Bertz CT molecular complexity index is 540. The van der Waals surface area contributed by atoms with E-state index in [0.717, 1.165) is 11.4 Å². The van der Waals surface area contributed by atoms with E-state index in [1.807, 2.05) is 98.2 Å². The van der Waals surface area contributed by atoms with Crippen molar-refractivity contribution in [3.63, 3.8) is 0 Å². The number of carbonyl (C=O) groups is 1. The van der Waals surface area contributed by atoms with E-state index in [9.17, 15) is 4.79 Å². The van der Waals surface area contributed by atoms with Crippen molar-refractivity contribution in [2.45, 2.75) is 39.8 Å². The lowest BCUT2D eigenvalue weighted by molar-refractivity contribution is 0.248. The number of carbonyl (C=O) groups excluding carboxylic acids is 1. The van der Waals surface area contributed by atoms with Gasteiger partial charge in [-0.05, 0) is 52.0 Å². The van der Waals surface area contributed by atoms with E-state index in [-0.39, 0.29) is 18.1 Å². The predicted molar refractivity (Wildman–Crippen MR) is 93.5 cm³/mol. The second-order valence-electron chi connectivity index (χ2n) is 5.88. The van der Waals surface area contributed by atoms with Gasteiger partial charge in [-0.2, -0.15) is 0 Å². The average Bonchev–Trinajstić information content (AvgIpc) is 2.49. The Kier molecular flexibility index (Phi) is 5.21. The zero-order valence-electron chi connectivity index (χ0n) is 13.7. The standard InChI is InChI=1S/C19H24N2O/c1-15(2)20(17-11-7-5-8-12-17)19(22)21(16(3)4)18-13-9-6-10-14-18/h5-16H,1-4H3. The summed E-state index contributed by atoms with van der Waals surface area (Å²) in [6, 6.07) is 19.8. The van der Waals surface area contributed by atoms with Crippen LogP contribution in [0.15, 0.2) is 60.7 Å². The molecule has 0 radical (unpaired) electrons. The summed E-state index contributed by atoms with van der Waals surface area (Å²) >= 11 is 0. The van der Waals surface area contributed by atoms with Gasteiger partial charge in [0.15, 0.2) is 0 Å². The van der Waals surface area contributed by atoms with Crippen LogP contribution in [0.5, 0.6) is 0 Å². The van der Waals surface area contributed by atoms with E-state index in [1.54, 1.807) is 0 Å². The number of anilines is 2. The molecule has 2 aromatic carbocycles. The number of para-hydroxylation sites is 2. The third-order valence-electron chi connectivity index (χ3n) is 3.51. The van der Waals surface area contributed by atoms with Gasteiger partial charge in [0.25, 0.3) is 0 Å². The fourth-order valence-electron chi connectivity index (χ4n) is 2.55. The van der Waals surface area contributed by atoms with Crippen LogP contribution in [0.3, 0.4) is 0 Å². The first kappa shape index (κ1) is 16.1. The first-order valence-corrected chi connectivity index (χ1v) is 7.75. The molecule has 0 atom stereocenters. The summed E-state index contributed by atoms with van der Waals surface area (Å²) in [5.74, 6) is 0. The molecule has 0 aliphatic heterocycles. The van der Waals surface area contributed by atoms with Gasteiger partial charge in [-0.3, -0.25) is 9.80 Å². The van der Waals surface area contributed by atoms with E-state index in [1.165, 1.54) is 0 Å². The van der Waals surface area contributed by atoms with Gasteiger partial charge in [-0.1, -0.05) is 36.4 Å². The van der Waals surface area contributed by atoms with Crippen molar-refractivity contribution < 1.29 is 4.79 Å². The fraction of sp³-hybridized carbons (Fsp3) is 0.316. The summed E-state index contributed by atoms with van der Waals surface area (Å²) in [6.45, 7) is 8.14. The molecule has 0 bridgehead atoms. The van der Waals surface area contributed by atoms with Crippen LogP contribution in [-0.2, 0) is 0 Å². The minimum Gasteiger partial charge on any atom is -0.292 e. The summed E-state index contributed by atoms with van der Waals surface area (Å²) in [5, 5.41) is 0. The SMILES string of the molecule is CC(C)N(C(=O)N(c1ccccc1)C(C)C)c1ccccc1. The lowest BCUT2D eigenvalue weighted by atomic mass is 10.2. The van der Waals surface area contributed by atoms with E-state index in [0.29, 0.717) is 0 Å². The Morgan fingerprint density at radius 3 is 1.27 bits per heavy atom. The Hall–Kier alpha value is -2.29. The van der Waals surface area contributed by atoms with Gasteiger partial charge >= 0.3 is 6.03 Å². The molecule has 0 spiro atoms. The molecule has 0 N–H and O–H groups in total. The molecule has 2 rings (SSSR count). The van der Waals surface area contributed by atoms with Crippen LogP contribution >= 0.6 is 0 Å². The van der Waals surface area contributed by atoms with E-state index >= 15 is 0 Å². The molecule has 0 saturated carbocycles. The lowest BCUT2D eigenvalue weighted by Crippen LogP contribution is -2.49. The van der Waals surface area contributed by atoms with Crippen LogP contribution in [0.2, 0.25) is 0 Å². The maximum atomic E-state index is 13.2. The molecule has 0 unspecified atom stereocenters. The lowest BCUT2D eigenvalue weighted by Gasteiger charge is -2.35. The van der Waals surface area contributed by atoms with Crippen LogP contribution < -0.4 is 9.80 Å². The molecule has 2 amide bonds. The van der Waals surface area contributed by atoms with Crippen molar-refractivity contribution in [1.29, 1.82) is 0 Å². The Balaban J connectivity index is 2.40. The van der Waals surface area contributed by atoms with Gasteiger partial charge < -0.3 is 0 Å². The Morgan fingerprint density at radius 1 is 0.682 bits per heavy atom. The number of urea groups is 1. The number of hydrogen-bond donors (Lipinski definition) is 0. The molecule has 3 heteroatoms. The van der Waals surface area contributed by atoms with Crippen molar-refractivity contribution in [2.24, 2.45) is 0 Å². The molecular weight excluding hydrogens is 272 g/mol. The minimum absolute atomic E-state index is 0.00222. The van der Waals surface area contributed by atoms with E-state index < -0.39 is 0 Å². The van der Waals surface area contributed by atoms with Gasteiger partial charge in [-0.15, -0.1) is 0 Å². The summed E-state index contributed by atoms with van der Waals surface area (Å²) < 4.78 is 0. The third-order valence-corrected chi connectivity index (χ3v) is 3.51. The smallest absolute Gasteiger partial charge is 0.292 e. The second-order valence-corrected chi connectivity index (χ2v) is 5.88. The maximum Gasteiger partial charge on any atom is 0.329 e. The highest BCUT2D eigenvalue weighted by Crippen LogP contribution is 2.24. The summed E-state index contributed by atoms with van der Waals surface area (Å²) in [7, 11) is 0. The number of amides is 2. The van der Waals surface area contributed by atoms with E-state index in [2.05, 4.69) is 0 Å². The van der Waals surface area contributed by atoms with Crippen molar-refractivity contribution in [2.75, 3.05) is 9.80 Å². The largest absolute Gasteiger partial charge is 0.329 e. The monoisotopic (exact) mass is 296 g/mol. The highest BCUT2D eigenvalue weighted by molar-refractivity contribution is 6.04. The summed E-state index contributed by atoms with van der Waals surface area (Å²) in [4.78, 5) is 16.9. The molecule has 0 fully saturated rings. The highest BCUT2D eigenvalue weighted by Gasteiger charge is 2.27. The normalized spacial score (nSPS) is 10.8. The van der Waals surface area contributed by atoms with E-state index in [4.69, 9.17) is 0 Å². The molecule has 2 aromatic rings. The molecule has 22 heavy (non-hydrogen) atoms. The van der Waals surface area contributed by atoms with Crippen molar-refractivity contribution in [3.05, 3.63) is 60.7 Å². The second kappa shape index (κ2) is 7.12. The van der Waals surface area contributed by atoms with Crippen LogP contribution in [0.1, 0.15) is 27.7 Å². The molecule has 0 saturated heterocycles. The van der Waals surface area contributed by atoms with Crippen molar-refractivity contribution in [3.8, 4) is 0 Å². The van der Waals surface area contributed by atoms with Gasteiger partial charge in [-0.25, -0.2) is 4.79 Å². The third kappa shape index (κ3) is 3.48. The number of hydrogen-bond acceptors (Lipinski definition) is 1. The number of benzene rings is 2. The van der Waals surface area contributed by atoms with Crippen LogP contribution in [0.4, 0.5) is 16.2 Å². The predicted octanol–water partition coefficient (Wildman–Crippen LogP) is 4.94. The quantitative estimate of drug-likeness (QED) is 0.784. The Labute approximate surface area is 133 Å². The number of nitrogens with zero attached hydrogens (tertiary/aromatic N) is 2. The number of rotatable bonds is 4. The average molecular weight is 296 g/mol. The first-order chi connectivity index (χ1) is 10.5. The molecule has 0 heterocycles. The van der Waals surface area contributed by atoms with Gasteiger partial charge in [0.1, 0.15) is 0 Å².